The molecule has 10 nitrogen and oxygen atoms in total. The van der Waals surface area contributed by atoms with Gasteiger partial charge >= 0.3 is 5.97 Å². The standard InChI is InChI=1S/C28H26N4O6/c1-2-22(33)37-15-9-29-19-16-20(31-10-12-32(13-11-31)28(35)21-8-5-14-36-21)25-24-23(19)26(34)17-6-3-4-7-18(17)27(24)38-30-25/h3-8,14,16,29H,2,9-13,15H2,1H3. The maximum Gasteiger partial charge on any atom is 0.305 e. The van der Waals surface area contributed by atoms with Gasteiger partial charge in [-0.3, -0.25) is 14.4 Å². The van der Waals surface area contributed by atoms with Crippen LogP contribution in [-0.2, 0) is 9.53 Å². The number of fused-ring (bicyclic) bond motifs is 2. The molecule has 1 aliphatic carbocycles. The first-order valence-corrected chi connectivity index (χ1v) is 12.6. The molecule has 0 atom stereocenters. The molecule has 194 valence electrons. The average Bonchev–Trinajstić information content (AvgIpc) is 3.65. The second-order valence-corrected chi connectivity index (χ2v) is 9.19. The second kappa shape index (κ2) is 9.70. The summed E-state index contributed by atoms with van der Waals surface area (Å²) in [6, 6.07) is 12.6. The van der Waals surface area contributed by atoms with Gasteiger partial charge in [0.25, 0.3) is 5.91 Å². The van der Waals surface area contributed by atoms with E-state index < -0.39 is 0 Å². The fourth-order valence-electron chi connectivity index (χ4n) is 5.08. The molecule has 2 aromatic carbocycles. The highest BCUT2D eigenvalue weighted by Crippen LogP contribution is 2.45. The molecule has 1 N–H and O–H groups in total. The summed E-state index contributed by atoms with van der Waals surface area (Å²) >= 11 is 0. The van der Waals surface area contributed by atoms with Gasteiger partial charge in [0.1, 0.15) is 12.1 Å². The van der Waals surface area contributed by atoms with Crippen molar-refractivity contribution in [1.29, 1.82) is 0 Å². The number of amides is 1. The van der Waals surface area contributed by atoms with Gasteiger partial charge in [-0.1, -0.05) is 36.3 Å². The molecule has 1 fully saturated rings. The van der Waals surface area contributed by atoms with Crippen LogP contribution in [0, 0.1) is 0 Å². The number of nitrogens with zero attached hydrogens (tertiary/aromatic N) is 3. The van der Waals surface area contributed by atoms with Gasteiger partial charge in [0, 0.05) is 56.0 Å². The lowest BCUT2D eigenvalue weighted by Crippen LogP contribution is -2.48. The Morgan fingerprint density at radius 1 is 1.08 bits per heavy atom. The number of piperazine rings is 1. The van der Waals surface area contributed by atoms with Gasteiger partial charge in [-0.15, -0.1) is 0 Å². The van der Waals surface area contributed by atoms with Crippen LogP contribution in [0.25, 0.3) is 22.2 Å². The van der Waals surface area contributed by atoms with E-state index in [0.29, 0.717) is 83.9 Å². The molecular formula is C28H26N4O6. The average molecular weight is 515 g/mol. The number of nitrogens with one attached hydrogen (secondary N) is 1. The summed E-state index contributed by atoms with van der Waals surface area (Å²) < 4.78 is 16.3. The SMILES string of the molecule is CCC(=O)OCCNc1cc(N2CCN(C(=O)c3ccco3)CC2)c2noc3c2c1C(=O)c1ccccc1-3. The van der Waals surface area contributed by atoms with E-state index in [1.54, 1.807) is 30.0 Å². The van der Waals surface area contributed by atoms with Crippen molar-refractivity contribution >= 4 is 39.9 Å². The van der Waals surface area contributed by atoms with E-state index >= 15 is 0 Å². The van der Waals surface area contributed by atoms with Crippen LogP contribution >= 0.6 is 0 Å². The van der Waals surface area contributed by atoms with Gasteiger partial charge in [-0.2, -0.15) is 0 Å². The van der Waals surface area contributed by atoms with Crippen LogP contribution in [0.15, 0.2) is 57.7 Å². The quantitative estimate of drug-likeness (QED) is 0.254. The van der Waals surface area contributed by atoms with Gasteiger partial charge in [-0.25, -0.2) is 0 Å². The summed E-state index contributed by atoms with van der Waals surface area (Å²) in [4.78, 5) is 41.9. The minimum Gasteiger partial charge on any atom is -0.464 e. The highest BCUT2D eigenvalue weighted by atomic mass is 16.5. The smallest absolute Gasteiger partial charge is 0.305 e. The number of anilines is 2. The van der Waals surface area contributed by atoms with Crippen LogP contribution in [-0.4, -0.2) is 67.0 Å². The number of hydrogen-bond donors (Lipinski definition) is 1. The highest BCUT2D eigenvalue weighted by molar-refractivity contribution is 6.28. The van der Waals surface area contributed by atoms with Crippen LogP contribution < -0.4 is 10.2 Å². The third kappa shape index (κ3) is 3.98. The molecule has 1 aliphatic heterocycles. The Morgan fingerprint density at radius 3 is 2.61 bits per heavy atom. The molecule has 2 aromatic heterocycles. The predicted molar refractivity (Wildman–Crippen MR) is 139 cm³/mol. The van der Waals surface area contributed by atoms with Gasteiger partial charge in [0.2, 0.25) is 0 Å². The number of hydrogen-bond acceptors (Lipinski definition) is 9. The van der Waals surface area contributed by atoms with Crippen molar-refractivity contribution in [3.05, 3.63) is 65.6 Å². The zero-order valence-corrected chi connectivity index (χ0v) is 20.9. The molecule has 38 heavy (non-hydrogen) atoms. The summed E-state index contributed by atoms with van der Waals surface area (Å²) in [6.45, 7) is 4.41. The molecule has 0 unspecified atom stereocenters. The lowest BCUT2D eigenvalue weighted by atomic mass is 9.86. The van der Waals surface area contributed by atoms with E-state index in [4.69, 9.17) is 13.7 Å². The minimum atomic E-state index is -0.280. The minimum absolute atomic E-state index is 0.116. The van der Waals surface area contributed by atoms with Crippen molar-refractivity contribution in [2.45, 2.75) is 13.3 Å². The monoisotopic (exact) mass is 514 g/mol. The molecule has 1 amide bonds. The molecule has 2 aliphatic rings. The zero-order chi connectivity index (χ0) is 26.2. The van der Waals surface area contributed by atoms with Crippen LogP contribution in [0.2, 0.25) is 0 Å². The fourth-order valence-corrected chi connectivity index (χ4v) is 5.08. The number of furan rings is 1. The Labute approximate surface area is 218 Å². The van der Waals surface area contributed by atoms with Crippen LogP contribution in [0.3, 0.4) is 0 Å². The first-order valence-electron chi connectivity index (χ1n) is 12.6. The Balaban J connectivity index is 1.34. The number of rotatable bonds is 7. The number of carbonyl (C=O) groups excluding carboxylic acids is 3. The van der Waals surface area contributed by atoms with Gasteiger partial charge < -0.3 is 28.8 Å². The molecule has 0 radical (unpaired) electrons. The van der Waals surface area contributed by atoms with Crippen LogP contribution in [0.5, 0.6) is 0 Å². The summed E-state index contributed by atoms with van der Waals surface area (Å²) in [6.07, 6.45) is 1.79. The Kier molecular flexibility index (Phi) is 6.07. The predicted octanol–water partition coefficient (Wildman–Crippen LogP) is 3.96. The molecule has 0 spiro atoms. The molecule has 0 bridgehead atoms. The van der Waals surface area contributed by atoms with Crippen LogP contribution in [0.4, 0.5) is 11.4 Å². The van der Waals surface area contributed by atoms with E-state index in [-0.39, 0.29) is 24.3 Å². The third-order valence-corrected chi connectivity index (χ3v) is 6.99. The molecule has 0 saturated carbocycles. The second-order valence-electron chi connectivity index (χ2n) is 9.19. The largest absolute Gasteiger partial charge is 0.464 e. The summed E-state index contributed by atoms with van der Waals surface area (Å²) in [5.41, 5.74) is 3.79. The van der Waals surface area contributed by atoms with E-state index in [2.05, 4.69) is 15.4 Å². The van der Waals surface area contributed by atoms with Crippen molar-refractivity contribution in [3.8, 4) is 11.3 Å². The first kappa shape index (κ1) is 23.8. The maximum absolute atomic E-state index is 13.7. The van der Waals surface area contributed by atoms with Gasteiger partial charge in [0.05, 0.1) is 22.9 Å². The van der Waals surface area contributed by atoms with E-state index in [1.807, 2.05) is 24.3 Å². The van der Waals surface area contributed by atoms with E-state index in [0.717, 1.165) is 5.69 Å². The van der Waals surface area contributed by atoms with E-state index in [1.165, 1.54) is 6.26 Å². The molecule has 6 rings (SSSR count). The fraction of sp³-hybridized carbons (Fsp3) is 0.286. The number of benzene rings is 2. The van der Waals surface area contributed by atoms with Crippen molar-refractivity contribution in [1.82, 2.24) is 10.1 Å². The molecular weight excluding hydrogens is 488 g/mol. The third-order valence-electron chi connectivity index (χ3n) is 6.99. The Morgan fingerprint density at radius 2 is 1.87 bits per heavy atom. The normalized spacial score (nSPS) is 14.5. The molecule has 4 aromatic rings. The lowest BCUT2D eigenvalue weighted by molar-refractivity contribution is -0.142. The Bertz CT molecular complexity index is 1530. The number of esters is 1. The summed E-state index contributed by atoms with van der Waals surface area (Å²) in [5, 5.41) is 8.37. The van der Waals surface area contributed by atoms with Crippen molar-refractivity contribution in [3.63, 3.8) is 0 Å². The van der Waals surface area contributed by atoms with E-state index in [9.17, 15) is 14.4 Å². The zero-order valence-electron chi connectivity index (χ0n) is 20.9. The molecule has 1 saturated heterocycles. The number of ether oxygens (including phenoxy) is 1. The molecule has 3 heterocycles. The topological polar surface area (TPSA) is 118 Å². The summed E-state index contributed by atoms with van der Waals surface area (Å²) in [5.74, 6) is 0.340. The Hall–Kier alpha value is -4.60. The highest BCUT2D eigenvalue weighted by Gasteiger charge is 2.34. The first-order chi connectivity index (χ1) is 18.6. The number of ketones is 1. The van der Waals surface area contributed by atoms with Crippen molar-refractivity contribution < 1.29 is 28.1 Å². The van der Waals surface area contributed by atoms with Gasteiger partial charge in [0.15, 0.2) is 17.3 Å². The number of aromatic nitrogens is 1. The van der Waals surface area contributed by atoms with Crippen molar-refractivity contribution in [2.24, 2.45) is 0 Å². The molecule has 10 heteroatoms. The van der Waals surface area contributed by atoms with Crippen LogP contribution in [0.1, 0.15) is 39.8 Å². The lowest BCUT2D eigenvalue weighted by Gasteiger charge is -2.36. The van der Waals surface area contributed by atoms with Gasteiger partial charge in [-0.05, 0) is 18.2 Å². The summed E-state index contributed by atoms with van der Waals surface area (Å²) in [7, 11) is 0. The van der Waals surface area contributed by atoms with Crippen molar-refractivity contribution in [2.75, 3.05) is 49.5 Å². The number of carbonyl (C=O) groups is 3. The maximum atomic E-state index is 13.7.